The van der Waals surface area contributed by atoms with E-state index in [-0.39, 0.29) is 18.3 Å². The Morgan fingerprint density at radius 1 is 1.27 bits per heavy atom. The summed E-state index contributed by atoms with van der Waals surface area (Å²) in [5.41, 5.74) is 1.49. The minimum absolute atomic E-state index is 0.123. The third kappa shape index (κ3) is 3.48. The van der Waals surface area contributed by atoms with Crippen molar-refractivity contribution in [2.24, 2.45) is 13.0 Å². The molecule has 2 aromatic rings. The van der Waals surface area contributed by atoms with Crippen LogP contribution in [0.15, 0.2) is 24.3 Å². The summed E-state index contributed by atoms with van der Waals surface area (Å²) in [6, 6.07) is 8.12. The molecular weight excluding hydrogens is 384 g/mol. The average Bonchev–Trinajstić information content (AvgIpc) is 3.22. The van der Waals surface area contributed by atoms with E-state index in [2.05, 4.69) is 15.5 Å². The predicted molar refractivity (Wildman–Crippen MR) is 111 cm³/mol. The first-order chi connectivity index (χ1) is 14.5. The van der Waals surface area contributed by atoms with Crippen molar-refractivity contribution in [2.45, 2.75) is 44.7 Å². The number of likely N-dealkylation sites (tertiary alicyclic amines) is 1. The van der Waals surface area contributed by atoms with Gasteiger partial charge in [0.15, 0.2) is 0 Å². The second-order valence-corrected chi connectivity index (χ2v) is 8.26. The first-order valence-electron chi connectivity index (χ1n) is 10.7. The van der Waals surface area contributed by atoms with Crippen molar-refractivity contribution in [2.75, 3.05) is 26.8 Å². The molecule has 30 heavy (non-hydrogen) atoms. The number of nitrogens with zero attached hydrogens (tertiary/aromatic N) is 4. The van der Waals surface area contributed by atoms with Gasteiger partial charge in [-0.3, -0.25) is 19.3 Å². The van der Waals surface area contributed by atoms with Gasteiger partial charge >= 0.3 is 5.97 Å². The first kappa shape index (κ1) is 20.8. The molecule has 0 radical (unpaired) electrons. The molecule has 8 heteroatoms. The molecular formula is C22H30N4O4. The van der Waals surface area contributed by atoms with Crippen LogP contribution in [-0.2, 0) is 32.8 Å². The highest BCUT2D eigenvalue weighted by Crippen LogP contribution is 2.44. The van der Waals surface area contributed by atoms with Crippen LogP contribution < -0.4 is 0 Å². The summed E-state index contributed by atoms with van der Waals surface area (Å²) in [6.07, 6.45) is 2.31. The lowest BCUT2D eigenvalue weighted by Gasteiger charge is -2.45. The summed E-state index contributed by atoms with van der Waals surface area (Å²) in [4.78, 5) is 38.1. The number of piperidine rings is 1. The zero-order valence-corrected chi connectivity index (χ0v) is 18.0. The largest absolute Gasteiger partial charge is 0.469 e. The number of methoxy groups -OCH3 is 1. The Hall–Kier alpha value is -2.45. The summed E-state index contributed by atoms with van der Waals surface area (Å²) in [5.74, 6) is 0.0837. The van der Waals surface area contributed by atoms with E-state index in [1.54, 1.807) is 0 Å². The number of hydrogen-bond donors (Lipinski definition) is 0. The number of ether oxygens (including phenoxy) is 1. The van der Waals surface area contributed by atoms with Gasteiger partial charge in [0.05, 0.1) is 42.8 Å². The zero-order valence-electron chi connectivity index (χ0n) is 18.0. The first-order valence-corrected chi connectivity index (χ1v) is 10.7. The van der Waals surface area contributed by atoms with E-state index in [9.17, 15) is 9.59 Å². The number of aromatic nitrogens is 2. The lowest BCUT2D eigenvalue weighted by molar-refractivity contribution is -0.223. The van der Waals surface area contributed by atoms with E-state index in [0.29, 0.717) is 19.4 Å². The maximum atomic E-state index is 12.7. The number of carbonyl (C=O) groups excluding carboxylic acids is 2. The lowest BCUT2D eigenvalue weighted by atomic mass is 9.77. The van der Waals surface area contributed by atoms with E-state index < -0.39 is 11.5 Å². The number of benzene rings is 1. The molecule has 1 aromatic carbocycles. The molecule has 4 rings (SSSR count). The Labute approximate surface area is 176 Å². The molecule has 0 N–H and O–H groups in total. The van der Waals surface area contributed by atoms with Crippen LogP contribution in [0.5, 0.6) is 0 Å². The van der Waals surface area contributed by atoms with E-state index >= 15 is 0 Å². The van der Waals surface area contributed by atoms with Crippen molar-refractivity contribution in [1.82, 2.24) is 19.5 Å². The third-order valence-electron chi connectivity index (χ3n) is 6.54. The van der Waals surface area contributed by atoms with Crippen LogP contribution in [0, 0.1) is 5.92 Å². The van der Waals surface area contributed by atoms with Gasteiger partial charge in [0, 0.05) is 26.6 Å². The molecule has 0 aliphatic carbocycles. The molecule has 1 atom stereocenters. The van der Waals surface area contributed by atoms with Crippen molar-refractivity contribution < 1.29 is 19.2 Å². The molecule has 0 unspecified atom stereocenters. The summed E-state index contributed by atoms with van der Waals surface area (Å²) in [5, 5.41) is 1.50. The number of imidazole rings is 1. The number of hydroxylamine groups is 2. The molecule has 2 fully saturated rings. The van der Waals surface area contributed by atoms with Gasteiger partial charge in [0.1, 0.15) is 5.82 Å². The van der Waals surface area contributed by atoms with Crippen molar-refractivity contribution in [3.05, 3.63) is 30.1 Å². The second-order valence-electron chi connectivity index (χ2n) is 8.26. The number of rotatable bonds is 6. The van der Waals surface area contributed by atoms with Crippen LogP contribution in [0.1, 0.15) is 38.4 Å². The Bertz CT molecular complexity index is 932. The number of esters is 1. The monoisotopic (exact) mass is 414 g/mol. The van der Waals surface area contributed by atoms with Crippen LogP contribution in [0.4, 0.5) is 0 Å². The average molecular weight is 415 g/mol. The van der Waals surface area contributed by atoms with Gasteiger partial charge in [-0.05, 0) is 31.4 Å². The zero-order chi connectivity index (χ0) is 21.3. The van der Waals surface area contributed by atoms with Crippen molar-refractivity contribution >= 4 is 22.9 Å². The van der Waals surface area contributed by atoms with Crippen molar-refractivity contribution in [3.63, 3.8) is 0 Å². The standard InChI is InChI=1S/C22H30N4O4/c1-4-13-30-26-20(27)14-16(21(28)29-3)22(26)9-11-25(12-10-22)15-19-23-17-7-5-6-8-18(17)24(19)2/h5-8,16H,4,9-15H2,1-3H3/t16-/m1/s1. The van der Waals surface area contributed by atoms with Crippen LogP contribution >= 0.6 is 0 Å². The normalized spacial score (nSPS) is 21.6. The van der Waals surface area contributed by atoms with Gasteiger partial charge in [0.25, 0.3) is 0 Å². The molecule has 0 saturated carbocycles. The Morgan fingerprint density at radius 2 is 2.00 bits per heavy atom. The minimum atomic E-state index is -0.623. The number of carbonyl (C=O) groups is 2. The minimum Gasteiger partial charge on any atom is -0.469 e. The van der Waals surface area contributed by atoms with Crippen LogP contribution in [0.25, 0.3) is 11.0 Å². The topological polar surface area (TPSA) is 76.9 Å². The highest BCUT2D eigenvalue weighted by atomic mass is 16.7. The summed E-state index contributed by atoms with van der Waals surface area (Å²) in [7, 11) is 3.43. The number of amides is 1. The summed E-state index contributed by atoms with van der Waals surface area (Å²) >= 11 is 0. The van der Waals surface area contributed by atoms with Gasteiger partial charge in [-0.25, -0.2) is 10.0 Å². The molecule has 3 heterocycles. The van der Waals surface area contributed by atoms with Crippen molar-refractivity contribution in [3.8, 4) is 0 Å². The van der Waals surface area contributed by atoms with Gasteiger partial charge in [-0.2, -0.15) is 0 Å². The Morgan fingerprint density at radius 3 is 2.67 bits per heavy atom. The van der Waals surface area contributed by atoms with E-state index in [4.69, 9.17) is 14.6 Å². The molecule has 2 aliphatic rings. The number of aryl methyl sites for hydroxylation is 1. The third-order valence-corrected chi connectivity index (χ3v) is 6.54. The van der Waals surface area contributed by atoms with E-state index in [1.807, 2.05) is 32.2 Å². The van der Waals surface area contributed by atoms with Gasteiger partial charge in [-0.1, -0.05) is 19.1 Å². The maximum absolute atomic E-state index is 12.7. The summed E-state index contributed by atoms with van der Waals surface area (Å²) < 4.78 is 7.17. The Balaban J connectivity index is 1.51. The summed E-state index contributed by atoms with van der Waals surface area (Å²) in [6.45, 7) is 4.72. The number of para-hydroxylation sites is 2. The number of hydrogen-bond acceptors (Lipinski definition) is 6. The lowest BCUT2D eigenvalue weighted by Crippen LogP contribution is -2.57. The van der Waals surface area contributed by atoms with Gasteiger partial charge < -0.3 is 9.30 Å². The van der Waals surface area contributed by atoms with Gasteiger partial charge in [0.2, 0.25) is 5.91 Å². The SMILES string of the molecule is CCCON1C(=O)C[C@H](C(=O)OC)C12CCN(Cc1nc3ccccc3n1C)CC2. The fraction of sp³-hybridized carbons (Fsp3) is 0.591. The Kier molecular flexibility index (Phi) is 5.79. The van der Waals surface area contributed by atoms with Crippen molar-refractivity contribution in [1.29, 1.82) is 0 Å². The maximum Gasteiger partial charge on any atom is 0.311 e. The molecule has 1 amide bonds. The molecule has 2 saturated heterocycles. The van der Waals surface area contributed by atoms with Gasteiger partial charge in [-0.15, -0.1) is 0 Å². The highest BCUT2D eigenvalue weighted by molar-refractivity contribution is 5.88. The van der Waals surface area contributed by atoms with Crippen LogP contribution in [0.3, 0.4) is 0 Å². The quantitative estimate of drug-likeness (QED) is 0.675. The fourth-order valence-electron chi connectivity index (χ4n) is 4.85. The predicted octanol–water partition coefficient (Wildman–Crippen LogP) is 2.27. The molecule has 2 aliphatic heterocycles. The fourth-order valence-corrected chi connectivity index (χ4v) is 4.85. The molecule has 162 valence electrons. The smallest absolute Gasteiger partial charge is 0.311 e. The highest BCUT2D eigenvalue weighted by Gasteiger charge is 2.58. The molecule has 1 spiro atoms. The van der Waals surface area contributed by atoms with E-state index in [1.165, 1.54) is 12.2 Å². The second kappa shape index (κ2) is 8.35. The molecule has 0 bridgehead atoms. The van der Waals surface area contributed by atoms with Crippen LogP contribution in [0.2, 0.25) is 0 Å². The van der Waals surface area contributed by atoms with E-state index in [0.717, 1.165) is 42.9 Å². The van der Waals surface area contributed by atoms with Crippen LogP contribution in [-0.4, -0.2) is 63.7 Å². The number of fused-ring (bicyclic) bond motifs is 1. The molecule has 1 aromatic heterocycles. The molecule has 8 nitrogen and oxygen atoms in total.